The Bertz CT molecular complexity index is 515. The van der Waals surface area contributed by atoms with Gasteiger partial charge < -0.3 is 20.1 Å². The number of fused-ring (bicyclic) bond motifs is 3. The van der Waals surface area contributed by atoms with Crippen LogP contribution in [0.5, 0.6) is 11.5 Å². The molecule has 2 aliphatic heterocycles. The maximum atomic E-state index is 10.3. The van der Waals surface area contributed by atoms with Gasteiger partial charge >= 0.3 is 0 Å². The third kappa shape index (κ3) is 1.77. The van der Waals surface area contributed by atoms with Crippen molar-refractivity contribution in [2.45, 2.75) is 31.7 Å². The number of benzene rings is 1. The second-order valence-electron chi connectivity index (χ2n) is 5.80. The summed E-state index contributed by atoms with van der Waals surface area (Å²) in [5.41, 5.74) is 3.50. The quantitative estimate of drug-likeness (QED) is 0.812. The molecule has 2 heterocycles. The first-order chi connectivity index (χ1) is 9.07. The zero-order chi connectivity index (χ0) is 13.6. The minimum absolute atomic E-state index is 0.125. The summed E-state index contributed by atoms with van der Waals surface area (Å²) in [6.45, 7) is 3.88. The van der Waals surface area contributed by atoms with E-state index in [-0.39, 0.29) is 11.3 Å². The third-order valence-corrected chi connectivity index (χ3v) is 4.62. The van der Waals surface area contributed by atoms with Crippen LogP contribution in [0.25, 0.3) is 0 Å². The lowest BCUT2D eigenvalue weighted by molar-refractivity contribution is 0.295. The molecule has 2 aliphatic rings. The molecular formula is C15H22N2O2. The Hall–Kier alpha value is -1.42. The van der Waals surface area contributed by atoms with E-state index in [0.29, 0.717) is 12.4 Å². The van der Waals surface area contributed by atoms with Crippen molar-refractivity contribution in [1.29, 1.82) is 0 Å². The van der Waals surface area contributed by atoms with Crippen LogP contribution >= 0.6 is 0 Å². The number of nitrogens with one attached hydrogen (secondary N) is 1. The molecule has 0 radical (unpaired) electrons. The van der Waals surface area contributed by atoms with E-state index in [0.717, 1.165) is 37.1 Å². The fourth-order valence-corrected chi connectivity index (χ4v) is 3.37. The number of hydrogen-bond acceptors (Lipinski definition) is 4. The fourth-order valence-electron chi connectivity index (χ4n) is 3.37. The topological polar surface area (TPSA) is 44.7 Å². The van der Waals surface area contributed by atoms with E-state index in [9.17, 15) is 5.11 Å². The molecule has 104 valence electrons. The monoisotopic (exact) mass is 262 g/mol. The fraction of sp³-hybridized carbons (Fsp3) is 0.600. The average molecular weight is 262 g/mol. The van der Waals surface area contributed by atoms with Crippen LogP contribution < -0.4 is 15.0 Å². The maximum absolute atomic E-state index is 10.3. The first-order valence-electron chi connectivity index (χ1n) is 6.99. The normalized spacial score (nSPS) is 25.5. The highest BCUT2D eigenvalue weighted by atomic mass is 16.5. The van der Waals surface area contributed by atoms with Gasteiger partial charge in [-0.2, -0.15) is 0 Å². The van der Waals surface area contributed by atoms with Crippen molar-refractivity contribution in [3.63, 3.8) is 0 Å². The second kappa shape index (κ2) is 4.30. The van der Waals surface area contributed by atoms with Gasteiger partial charge in [-0.05, 0) is 38.8 Å². The summed E-state index contributed by atoms with van der Waals surface area (Å²) in [6.07, 6.45) is 3.04. The van der Waals surface area contributed by atoms with E-state index >= 15 is 0 Å². The number of aromatic hydroxyl groups is 1. The zero-order valence-electron chi connectivity index (χ0n) is 11.9. The van der Waals surface area contributed by atoms with Gasteiger partial charge in [0, 0.05) is 36.4 Å². The molecule has 0 bridgehead atoms. The molecule has 1 aromatic carbocycles. The highest BCUT2D eigenvalue weighted by Gasteiger charge is 2.37. The number of hydrogen-bond donors (Lipinski definition) is 2. The van der Waals surface area contributed by atoms with Crippen molar-refractivity contribution in [3.8, 4) is 11.5 Å². The molecule has 4 heteroatoms. The van der Waals surface area contributed by atoms with Crippen LogP contribution in [-0.4, -0.2) is 32.4 Å². The van der Waals surface area contributed by atoms with Gasteiger partial charge in [0.15, 0.2) is 11.5 Å². The summed E-state index contributed by atoms with van der Waals surface area (Å²) in [5, 5.41) is 13.8. The van der Waals surface area contributed by atoms with Gasteiger partial charge in [0.25, 0.3) is 0 Å². The Morgan fingerprint density at radius 1 is 1.47 bits per heavy atom. The SMILES string of the molecule is CNC1(C)CCCOc2c(O)cc3c(c21)CCN3C. The number of phenols is 1. The number of ether oxygens (including phenoxy) is 1. The van der Waals surface area contributed by atoms with Crippen molar-refractivity contribution < 1.29 is 9.84 Å². The standard InChI is InChI=1S/C15H22N2O2/c1-15(16-2)6-4-8-19-14-12(18)9-11-10(13(14)15)5-7-17(11)3/h9,16,18H,4-8H2,1-3H3. The van der Waals surface area contributed by atoms with Crippen molar-refractivity contribution in [2.75, 3.05) is 32.1 Å². The van der Waals surface area contributed by atoms with Crippen LogP contribution in [0, 0.1) is 0 Å². The van der Waals surface area contributed by atoms with Crippen molar-refractivity contribution in [2.24, 2.45) is 0 Å². The molecule has 0 amide bonds. The molecule has 1 aromatic rings. The number of phenolic OH excluding ortho intramolecular Hbond substituents is 1. The van der Waals surface area contributed by atoms with E-state index in [1.165, 1.54) is 5.56 Å². The summed E-state index contributed by atoms with van der Waals surface area (Å²) in [7, 11) is 4.07. The van der Waals surface area contributed by atoms with Crippen LogP contribution in [0.3, 0.4) is 0 Å². The summed E-state index contributed by atoms with van der Waals surface area (Å²) < 4.78 is 5.83. The highest BCUT2D eigenvalue weighted by molar-refractivity contribution is 5.70. The number of likely N-dealkylation sites (N-methyl/N-ethyl adjacent to an activating group) is 1. The summed E-state index contributed by atoms with van der Waals surface area (Å²) >= 11 is 0. The Balaban J connectivity index is 2.27. The molecule has 0 saturated heterocycles. The van der Waals surface area contributed by atoms with Crippen LogP contribution in [0.2, 0.25) is 0 Å². The molecule has 2 N–H and O–H groups in total. The predicted octanol–water partition coefficient (Wildman–Crippen LogP) is 1.99. The highest BCUT2D eigenvalue weighted by Crippen LogP contribution is 2.48. The Morgan fingerprint density at radius 2 is 2.26 bits per heavy atom. The van der Waals surface area contributed by atoms with E-state index in [2.05, 4.69) is 24.2 Å². The van der Waals surface area contributed by atoms with E-state index in [1.54, 1.807) is 0 Å². The van der Waals surface area contributed by atoms with Crippen LogP contribution in [-0.2, 0) is 12.0 Å². The lowest BCUT2D eigenvalue weighted by Gasteiger charge is -2.31. The third-order valence-electron chi connectivity index (χ3n) is 4.62. The van der Waals surface area contributed by atoms with Crippen molar-refractivity contribution >= 4 is 5.69 Å². The first kappa shape index (κ1) is 12.6. The minimum Gasteiger partial charge on any atom is -0.504 e. The molecule has 1 atom stereocenters. The molecule has 1 unspecified atom stereocenters. The number of rotatable bonds is 1. The molecule has 4 nitrogen and oxygen atoms in total. The lowest BCUT2D eigenvalue weighted by Crippen LogP contribution is -2.37. The largest absolute Gasteiger partial charge is 0.504 e. The molecule has 0 aromatic heterocycles. The van der Waals surface area contributed by atoms with Gasteiger partial charge in [-0.3, -0.25) is 0 Å². The van der Waals surface area contributed by atoms with Gasteiger partial charge in [-0.25, -0.2) is 0 Å². The molecular weight excluding hydrogens is 240 g/mol. The van der Waals surface area contributed by atoms with Gasteiger partial charge in [-0.1, -0.05) is 0 Å². The molecule has 3 rings (SSSR count). The predicted molar refractivity (Wildman–Crippen MR) is 76.2 cm³/mol. The van der Waals surface area contributed by atoms with E-state index in [1.807, 2.05) is 13.1 Å². The molecule has 19 heavy (non-hydrogen) atoms. The van der Waals surface area contributed by atoms with Gasteiger partial charge in [0.1, 0.15) is 0 Å². The number of nitrogens with zero attached hydrogens (tertiary/aromatic N) is 1. The Morgan fingerprint density at radius 3 is 3.00 bits per heavy atom. The molecule has 0 aliphatic carbocycles. The summed E-state index contributed by atoms with van der Waals surface area (Å²) in [5.74, 6) is 0.953. The second-order valence-corrected chi connectivity index (χ2v) is 5.80. The van der Waals surface area contributed by atoms with Gasteiger partial charge in [-0.15, -0.1) is 0 Å². The molecule has 0 spiro atoms. The van der Waals surface area contributed by atoms with Crippen LogP contribution in [0.1, 0.15) is 30.9 Å². The molecule has 0 saturated carbocycles. The van der Waals surface area contributed by atoms with E-state index in [4.69, 9.17) is 4.74 Å². The summed E-state index contributed by atoms with van der Waals surface area (Å²) in [4.78, 5) is 2.20. The maximum Gasteiger partial charge on any atom is 0.166 e. The smallest absolute Gasteiger partial charge is 0.166 e. The average Bonchev–Trinajstić information content (AvgIpc) is 2.65. The summed E-state index contributed by atoms with van der Waals surface area (Å²) in [6, 6.07) is 1.85. The lowest BCUT2D eigenvalue weighted by atomic mass is 9.83. The van der Waals surface area contributed by atoms with Crippen LogP contribution in [0.4, 0.5) is 5.69 Å². The Labute approximate surface area is 114 Å². The van der Waals surface area contributed by atoms with Gasteiger partial charge in [0.2, 0.25) is 0 Å². The minimum atomic E-state index is -0.125. The van der Waals surface area contributed by atoms with Crippen molar-refractivity contribution in [3.05, 3.63) is 17.2 Å². The Kier molecular flexibility index (Phi) is 2.86. The van der Waals surface area contributed by atoms with Crippen LogP contribution in [0.15, 0.2) is 6.07 Å². The zero-order valence-corrected chi connectivity index (χ0v) is 11.9. The van der Waals surface area contributed by atoms with Crippen molar-refractivity contribution in [1.82, 2.24) is 5.32 Å². The van der Waals surface area contributed by atoms with E-state index < -0.39 is 0 Å². The number of anilines is 1. The first-order valence-corrected chi connectivity index (χ1v) is 6.99. The van der Waals surface area contributed by atoms with Gasteiger partial charge in [0.05, 0.1) is 6.61 Å². The molecule has 0 fully saturated rings.